The first-order chi connectivity index (χ1) is 3.46. The van der Waals surface area contributed by atoms with Crippen LogP contribution in [-0.4, -0.2) is 11.9 Å². The van der Waals surface area contributed by atoms with Crippen LogP contribution in [0.1, 0.15) is 13.8 Å². The maximum absolute atomic E-state index is 8.89. The number of aliphatic carboxylic acids is 2. The topological polar surface area (TPSA) is 166 Å². The average molecular weight is 343 g/mol. The van der Waals surface area contributed by atoms with Gasteiger partial charge in [-0.05, 0) is 13.8 Å². The molecule has 82 valence electrons. The Labute approximate surface area is 115 Å². The van der Waals surface area contributed by atoms with Gasteiger partial charge in [-0.3, -0.25) is 0 Å². The molecule has 0 spiro atoms. The summed E-state index contributed by atoms with van der Waals surface area (Å²) in [5.41, 5.74) is 0. The van der Waals surface area contributed by atoms with Crippen molar-refractivity contribution in [3.63, 3.8) is 0 Å². The maximum Gasteiger partial charge on any atom is 3.00 e. The second-order valence-corrected chi connectivity index (χ2v) is 0.983. The molecule has 0 saturated carbocycles. The van der Waals surface area contributed by atoms with E-state index in [1.165, 1.54) is 0 Å². The fourth-order valence-corrected chi connectivity index (χ4v) is 0. The average Bonchev–Trinajstić information content (AvgIpc) is 1.25. The summed E-state index contributed by atoms with van der Waals surface area (Å²) < 4.78 is 0. The molecule has 0 fully saturated rings. The molecule has 7 nitrogen and oxygen atoms in total. The van der Waals surface area contributed by atoms with Crippen LogP contribution >= 0.6 is 0 Å². The SMILES string of the molecule is CC(=O)[O-].CC(=O)[O-].[Fe+3].[Fe+3].[O-2].[O-2].[O-2].[Zn+2]. The molecule has 10 heteroatoms. The summed E-state index contributed by atoms with van der Waals surface area (Å²) in [6.45, 7) is 1.94. The smallest absolute Gasteiger partial charge is 2.00 e. The Balaban J connectivity index is -0.00000000600. The molecule has 14 heavy (non-hydrogen) atoms. The van der Waals surface area contributed by atoms with E-state index >= 15 is 0 Å². The largest absolute Gasteiger partial charge is 3.00 e. The van der Waals surface area contributed by atoms with Crippen molar-refractivity contribution in [2.75, 3.05) is 0 Å². The van der Waals surface area contributed by atoms with Crippen LogP contribution in [0.3, 0.4) is 0 Å². The van der Waals surface area contributed by atoms with Crippen molar-refractivity contribution in [1.29, 1.82) is 0 Å². The van der Waals surface area contributed by atoms with E-state index in [1.54, 1.807) is 0 Å². The zero-order valence-corrected chi connectivity index (χ0v) is 12.4. The molecule has 0 unspecified atom stereocenters. The molecule has 0 aromatic heterocycles. The van der Waals surface area contributed by atoms with Crippen LogP contribution in [0.2, 0.25) is 0 Å². The van der Waals surface area contributed by atoms with Crippen molar-refractivity contribution in [3.8, 4) is 0 Å². The number of hydrogen-bond donors (Lipinski definition) is 0. The van der Waals surface area contributed by atoms with E-state index in [4.69, 9.17) is 19.8 Å². The first-order valence-electron chi connectivity index (χ1n) is 1.82. The quantitative estimate of drug-likeness (QED) is 0.432. The first-order valence-corrected chi connectivity index (χ1v) is 1.82. The van der Waals surface area contributed by atoms with E-state index in [9.17, 15) is 0 Å². The van der Waals surface area contributed by atoms with E-state index in [0.29, 0.717) is 0 Å². The fraction of sp³-hybridized carbons (Fsp3) is 0.500. The molecule has 0 rings (SSSR count). The molecule has 0 aliphatic carbocycles. The van der Waals surface area contributed by atoms with Gasteiger partial charge in [0.25, 0.3) is 0 Å². The third kappa shape index (κ3) is 7070. The molecule has 0 heterocycles. The van der Waals surface area contributed by atoms with Crippen LogP contribution in [0.5, 0.6) is 0 Å². The van der Waals surface area contributed by atoms with Crippen LogP contribution in [0.4, 0.5) is 0 Å². The molecule has 0 aromatic carbocycles. The Morgan fingerprint density at radius 3 is 0.786 bits per heavy atom. The molecule has 2 radical (unpaired) electrons. The minimum Gasteiger partial charge on any atom is -2.00 e. The Morgan fingerprint density at radius 2 is 0.786 bits per heavy atom. The molecule has 0 aliphatic rings. The van der Waals surface area contributed by atoms with Crippen LogP contribution in [0, 0.1) is 0 Å². The van der Waals surface area contributed by atoms with Gasteiger partial charge in [0, 0.05) is 11.9 Å². The number of carbonyl (C=O) groups excluding carboxylic acids is 2. The molecular formula is C4H6Fe2O7Zn. The molecule has 0 atom stereocenters. The summed E-state index contributed by atoms with van der Waals surface area (Å²) in [4.78, 5) is 17.8. The van der Waals surface area contributed by atoms with Crippen molar-refractivity contribution in [1.82, 2.24) is 0 Å². The third-order valence-electron chi connectivity index (χ3n) is 0. The molecule has 0 aliphatic heterocycles. The molecular weight excluding hydrogens is 337 g/mol. The predicted molar refractivity (Wildman–Crippen MR) is 23.4 cm³/mol. The van der Waals surface area contributed by atoms with Crippen molar-refractivity contribution >= 4 is 11.9 Å². The molecule has 0 bridgehead atoms. The van der Waals surface area contributed by atoms with Crippen LogP contribution in [0.15, 0.2) is 0 Å². The number of hydrogen-bond acceptors (Lipinski definition) is 4. The van der Waals surface area contributed by atoms with Gasteiger partial charge in [0.1, 0.15) is 0 Å². The maximum atomic E-state index is 8.89. The van der Waals surface area contributed by atoms with E-state index in [-0.39, 0.29) is 70.0 Å². The van der Waals surface area contributed by atoms with Crippen LogP contribution in [-0.2, 0) is 79.6 Å². The summed E-state index contributed by atoms with van der Waals surface area (Å²) in [6, 6.07) is 0. The van der Waals surface area contributed by atoms with Crippen LogP contribution < -0.4 is 10.2 Å². The second kappa shape index (κ2) is 50.0. The third-order valence-corrected chi connectivity index (χ3v) is 0. The Morgan fingerprint density at radius 1 is 0.786 bits per heavy atom. The first kappa shape index (κ1) is 62.6. The molecule has 0 saturated heterocycles. The molecule has 0 amide bonds. The van der Waals surface area contributed by atoms with Crippen molar-refractivity contribution in [2.45, 2.75) is 13.8 Å². The minimum absolute atomic E-state index is 0. The zero-order chi connectivity index (χ0) is 7.15. The minimum atomic E-state index is -1.08. The Bertz CT molecular complexity index is 81.7. The van der Waals surface area contributed by atoms with Gasteiger partial charge in [0.2, 0.25) is 0 Å². The number of carbonyl (C=O) groups is 2. The Hall–Kier alpha value is 0.482. The second-order valence-electron chi connectivity index (χ2n) is 0.983. The summed E-state index contributed by atoms with van der Waals surface area (Å²) in [5, 5.41) is 17.8. The van der Waals surface area contributed by atoms with Crippen molar-refractivity contribution in [2.24, 2.45) is 0 Å². The fourth-order valence-electron chi connectivity index (χ4n) is 0. The van der Waals surface area contributed by atoms with Gasteiger partial charge in [-0.2, -0.15) is 0 Å². The normalized spacial score (nSPS) is 3.57. The van der Waals surface area contributed by atoms with Gasteiger partial charge in [0.05, 0.1) is 0 Å². The number of rotatable bonds is 0. The Kier molecular flexibility index (Phi) is 224. The zero-order valence-electron chi connectivity index (χ0n) is 7.27. The predicted octanol–water partition coefficient (Wildman–Crippen LogP) is -2.85. The summed E-state index contributed by atoms with van der Waals surface area (Å²) in [7, 11) is 0. The van der Waals surface area contributed by atoms with E-state index < -0.39 is 11.9 Å². The summed E-state index contributed by atoms with van der Waals surface area (Å²) in [6.07, 6.45) is 0. The van der Waals surface area contributed by atoms with Crippen molar-refractivity contribution < 1.29 is 89.8 Å². The van der Waals surface area contributed by atoms with Crippen molar-refractivity contribution in [3.05, 3.63) is 0 Å². The van der Waals surface area contributed by atoms with E-state index in [1.807, 2.05) is 0 Å². The van der Waals surface area contributed by atoms with Gasteiger partial charge >= 0.3 is 53.6 Å². The standard InChI is InChI=1S/2C2H4O2.2Fe.3O.Zn/c2*1-2(3)4;;;;;;/h2*1H3,(H,3,4);;;;;;/q;;2*+3;3*-2;+2/p-2. The van der Waals surface area contributed by atoms with Crippen LogP contribution in [0.25, 0.3) is 0 Å². The molecule has 0 N–H and O–H groups in total. The van der Waals surface area contributed by atoms with Gasteiger partial charge < -0.3 is 36.2 Å². The van der Waals surface area contributed by atoms with Gasteiger partial charge in [-0.1, -0.05) is 0 Å². The van der Waals surface area contributed by atoms with Gasteiger partial charge in [-0.15, -0.1) is 0 Å². The van der Waals surface area contributed by atoms with Gasteiger partial charge in [-0.25, -0.2) is 0 Å². The number of carboxylic acid groups (broad SMARTS) is 2. The summed E-state index contributed by atoms with van der Waals surface area (Å²) >= 11 is 0. The molecule has 0 aromatic rings. The number of carboxylic acids is 2. The van der Waals surface area contributed by atoms with Gasteiger partial charge in [0.15, 0.2) is 0 Å². The van der Waals surface area contributed by atoms with E-state index in [2.05, 4.69) is 0 Å². The monoisotopic (exact) mass is 342 g/mol. The summed E-state index contributed by atoms with van der Waals surface area (Å²) in [5.74, 6) is -2.17. The van der Waals surface area contributed by atoms with E-state index in [0.717, 1.165) is 13.8 Å².